The third-order valence-corrected chi connectivity index (χ3v) is 9.69. The number of carbonyl (C=O) groups excluding carboxylic acids is 1. The Morgan fingerprint density at radius 3 is 2.34 bits per heavy atom. The van der Waals surface area contributed by atoms with Crippen LogP contribution in [0.15, 0.2) is 59.0 Å². The summed E-state index contributed by atoms with van der Waals surface area (Å²) in [6.45, 7) is 7.27. The molecule has 1 aliphatic heterocycles. The molecule has 1 fully saturated rings. The summed E-state index contributed by atoms with van der Waals surface area (Å²) in [7, 11) is -5.63. The van der Waals surface area contributed by atoms with Crippen molar-refractivity contribution < 1.29 is 21.6 Å². The van der Waals surface area contributed by atoms with Gasteiger partial charge in [-0.05, 0) is 68.7 Å². The average Bonchev–Trinajstić information content (AvgIpc) is 2.90. The molecule has 1 aliphatic rings. The summed E-state index contributed by atoms with van der Waals surface area (Å²) in [5, 5.41) is 6.08. The van der Waals surface area contributed by atoms with Crippen LogP contribution in [-0.2, 0) is 19.9 Å². The molecule has 208 valence electrons. The second-order valence-electron chi connectivity index (χ2n) is 9.51. The number of benzene rings is 2. The molecule has 0 aromatic heterocycles. The molecule has 38 heavy (non-hydrogen) atoms. The van der Waals surface area contributed by atoms with E-state index in [-0.39, 0.29) is 21.9 Å². The molecule has 0 atom stereocenters. The third-order valence-electron chi connectivity index (χ3n) is 6.68. The smallest absolute Gasteiger partial charge is 0.257 e. The van der Waals surface area contributed by atoms with Crippen LogP contribution >= 0.6 is 0 Å². The average molecular weight is 563 g/mol. The Labute approximate surface area is 226 Å². The molecule has 11 heteroatoms. The molecule has 0 spiro atoms. The van der Waals surface area contributed by atoms with Crippen LogP contribution in [0.2, 0.25) is 0 Å². The van der Waals surface area contributed by atoms with Gasteiger partial charge in [-0.25, -0.2) is 16.8 Å². The zero-order valence-corrected chi connectivity index (χ0v) is 24.2. The minimum atomic E-state index is -3.60. The van der Waals surface area contributed by atoms with E-state index in [4.69, 9.17) is 0 Å². The quantitative estimate of drug-likeness (QED) is 0.317. The number of rotatable bonds is 11. The van der Waals surface area contributed by atoms with E-state index >= 15 is 0 Å². The molecule has 2 aromatic rings. The molecule has 1 saturated heterocycles. The lowest BCUT2D eigenvalue weighted by atomic mass is 10.1. The van der Waals surface area contributed by atoms with E-state index in [0.717, 1.165) is 48.8 Å². The van der Waals surface area contributed by atoms with E-state index in [1.165, 1.54) is 24.8 Å². The SMILES string of the molecule is CC/C(C)=C\CCCS(=O)(=O)c1ccc(NC(=O)c2cc(N3CCNCC3)ccc2N(C)S(C)(=O)=O)cc1. The zero-order chi connectivity index (χ0) is 27.9. The van der Waals surface area contributed by atoms with Gasteiger partial charge >= 0.3 is 0 Å². The molecule has 1 heterocycles. The van der Waals surface area contributed by atoms with E-state index in [9.17, 15) is 21.6 Å². The van der Waals surface area contributed by atoms with Crippen LogP contribution in [0.5, 0.6) is 0 Å². The number of unbranched alkanes of at least 4 members (excludes halogenated alkanes) is 1. The maximum absolute atomic E-state index is 13.4. The summed E-state index contributed by atoms with van der Waals surface area (Å²) in [6, 6.07) is 11.2. The van der Waals surface area contributed by atoms with Crippen LogP contribution < -0.4 is 19.8 Å². The number of nitrogens with one attached hydrogen (secondary N) is 2. The summed E-state index contributed by atoms with van der Waals surface area (Å²) in [5.41, 5.74) is 2.95. The van der Waals surface area contributed by atoms with Crippen molar-refractivity contribution in [2.75, 3.05) is 59.8 Å². The number of anilines is 3. The number of sulfonamides is 1. The molecule has 3 rings (SSSR count). The van der Waals surface area contributed by atoms with Crippen molar-refractivity contribution >= 4 is 42.8 Å². The monoisotopic (exact) mass is 562 g/mol. The highest BCUT2D eigenvalue weighted by Crippen LogP contribution is 2.29. The Balaban J connectivity index is 1.79. The highest BCUT2D eigenvalue weighted by Gasteiger charge is 2.23. The molecule has 2 aromatic carbocycles. The Kier molecular flexibility index (Phi) is 9.97. The van der Waals surface area contributed by atoms with Gasteiger partial charge in [0.1, 0.15) is 0 Å². The fourth-order valence-electron chi connectivity index (χ4n) is 4.11. The second-order valence-corrected chi connectivity index (χ2v) is 13.6. The summed E-state index contributed by atoms with van der Waals surface area (Å²) >= 11 is 0. The Bertz CT molecular complexity index is 1360. The van der Waals surface area contributed by atoms with Crippen LogP contribution in [-0.4, -0.2) is 68.0 Å². The van der Waals surface area contributed by atoms with Crippen LogP contribution in [0.4, 0.5) is 17.1 Å². The highest BCUT2D eigenvalue weighted by atomic mass is 32.2. The lowest BCUT2D eigenvalue weighted by molar-refractivity contribution is 0.102. The summed E-state index contributed by atoms with van der Waals surface area (Å²) in [6.07, 6.45) is 5.36. The van der Waals surface area contributed by atoms with Gasteiger partial charge in [-0.1, -0.05) is 18.6 Å². The lowest BCUT2D eigenvalue weighted by Gasteiger charge is -2.30. The van der Waals surface area contributed by atoms with Gasteiger partial charge in [-0.2, -0.15) is 0 Å². The van der Waals surface area contributed by atoms with Gasteiger partial charge in [0.05, 0.1) is 28.2 Å². The van der Waals surface area contributed by atoms with Gasteiger partial charge in [0, 0.05) is 44.6 Å². The van der Waals surface area contributed by atoms with Crippen LogP contribution in [0.3, 0.4) is 0 Å². The molecule has 0 bridgehead atoms. The number of allylic oxidation sites excluding steroid dienone is 2. The van der Waals surface area contributed by atoms with E-state index in [1.54, 1.807) is 24.3 Å². The van der Waals surface area contributed by atoms with Crippen molar-refractivity contribution in [3.8, 4) is 0 Å². The van der Waals surface area contributed by atoms with Crippen molar-refractivity contribution in [1.82, 2.24) is 5.32 Å². The highest BCUT2D eigenvalue weighted by molar-refractivity contribution is 7.92. The van der Waals surface area contributed by atoms with Gasteiger partial charge in [0.2, 0.25) is 10.0 Å². The first-order valence-electron chi connectivity index (χ1n) is 12.8. The van der Waals surface area contributed by atoms with E-state index < -0.39 is 25.8 Å². The van der Waals surface area contributed by atoms with E-state index in [0.29, 0.717) is 18.5 Å². The maximum atomic E-state index is 13.4. The number of hydrogen-bond donors (Lipinski definition) is 2. The summed E-state index contributed by atoms with van der Waals surface area (Å²) in [5.74, 6) is -0.437. The van der Waals surface area contributed by atoms with Crippen molar-refractivity contribution in [2.24, 2.45) is 0 Å². The minimum absolute atomic E-state index is 0.0478. The van der Waals surface area contributed by atoms with Crippen molar-refractivity contribution in [3.05, 3.63) is 59.7 Å². The van der Waals surface area contributed by atoms with Crippen molar-refractivity contribution in [3.63, 3.8) is 0 Å². The number of hydrogen-bond acceptors (Lipinski definition) is 7. The fourth-order valence-corrected chi connectivity index (χ4v) is 5.96. The molecule has 1 amide bonds. The predicted molar refractivity (Wildman–Crippen MR) is 155 cm³/mol. The summed E-state index contributed by atoms with van der Waals surface area (Å²) < 4.78 is 51.0. The molecule has 9 nitrogen and oxygen atoms in total. The Morgan fingerprint density at radius 1 is 1.08 bits per heavy atom. The number of amides is 1. The first kappa shape index (κ1) is 29.7. The molecule has 0 aliphatic carbocycles. The van der Waals surface area contributed by atoms with Crippen LogP contribution in [0, 0.1) is 0 Å². The predicted octanol–water partition coefficient (Wildman–Crippen LogP) is 3.65. The first-order chi connectivity index (χ1) is 17.9. The molecular formula is C27H38N4O5S2. The van der Waals surface area contributed by atoms with E-state index in [2.05, 4.69) is 28.5 Å². The van der Waals surface area contributed by atoms with Gasteiger partial charge in [0.15, 0.2) is 9.84 Å². The number of piperazine rings is 1. The standard InChI is InChI=1S/C27H38N4O5S2/c1-5-21(2)8-6-7-19-38(35,36)24-12-9-22(10-13-24)29-27(32)25-20-23(31-17-15-28-16-18-31)11-14-26(25)30(3)37(4,33)34/h8-14,20,28H,5-7,15-19H2,1-4H3,(H,29,32)/b21-8-. The Hall–Kier alpha value is -2.89. The number of nitrogens with zero attached hydrogens (tertiary/aromatic N) is 2. The van der Waals surface area contributed by atoms with Crippen molar-refractivity contribution in [2.45, 2.75) is 38.0 Å². The third kappa shape index (κ3) is 7.81. The minimum Gasteiger partial charge on any atom is -0.369 e. The molecule has 0 unspecified atom stereocenters. The molecular weight excluding hydrogens is 524 g/mol. The summed E-state index contributed by atoms with van der Waals surface area (Å²) in [4.78, 5) is 15.7. The van der Waals surface area contributed by atoms with Gasteiger partial charge in [-0.15, -0.1) is 0 Å². The van der Waals surface area contributed by atoms with Crippen molar-refractivity contribution in [1.29, 1.82) is 0 Å². The zero-order valence-electron chi connectivity index (χ0n) is 22.5. The van der Waals surface area contributed by atoms with Crippen LogP contribution in [0.1, 0.15) is 43.5 Å². The molecule has 0 radical (unpaired) electrons. The number of carbonyl (C=O) groups is 1. The van der Waals surface area contributed by atoms with Crippen LogP contribution in [0.25, 0.3) is 0 Å². The van der Waals surface area contributed by atoms with Gasteiger partial charge in [-0.3, -0.25) is 9.10 Å². The lowest BCUT2D eigenvalue weighted by Crippen LogP contribution is -2.43. The van der Waals surface area contributed by atoms with Gasteiger partial charge < -0.3 is 15.5 Å². The molecule has 0 saturated carbocycles. The van der Waals surface area contributed by atoms with Gasteiger partial charge in [0.25, 0.3) is 5.91 Å². The fraction of sp³-hybridized carbons (Fsp3) is 0.444. The largest absolute Gasteiger partial charge is 0.369 e. The maximum Gasteiger partial charge on any atom is 0.257 e. The van der Waals surface area contributed by atoms with E-state index in [1.807, 2.05) is 13.0 Å². The first-order valence-corrected chi connectivity index (χ1v) is 16.3. The Morgan fingerprint density at radius 2 is 1.74 bits per heavy atom. The second kappa shape index (κ2) is 12.8. The molecule has 2 N–H and O–H groups in total. The normalized spacial score (nSPS) is 14.8. The number of sulfone groups is 1. The topological polar surface area (TPSA) is 116 Å².